The molecule has 13 heteroatoms. The van der Waals surface area contributed by atoms with Crippen molar-refractivity contribution in [1.82, 2.24) is 10.3 Å². The Morgan fingerprint density at radius 3 is 2.40 bits per heavy atom. The molecule has 0 aliphatic rings. The smallest absolute Gasteiger partial charge is 0.386 e. The second-order valence-corrected chi connectivity index (χ2v) is 6.48. The number of carbonyl (C=O) groups is 1. The van der Waals surface area contributed by atoms with Crippen LogP contribution in [0.5, 0.6) is 0 Å². The Labute approximate surface area is 175 Å². The third-order valence-corrected chi connectivity index (χ3v) is 3.87. The van der Waals surface area contributed by atoms with Crippen LogP contribution in [0.25, 0.3) is 0 Å². The van der Waals surface area contributed by atoms with Crippen molar-refractivity contribution in [2.45, 2.75) is 12.4 Å². The van der Waals surface area contributed by atoms with E-state index in [0.717, 1.165) is 18.3 Å². The maximum absolute atomic E-state index is 13.1. The van der Waals surface area contributed by atoms with E-state index in [9.17, 15) is 31.1 Å². The molecule has 1 heterocycles. The average Bonchev–Trinajstić information content (AvgIpc) is 2.63. The fraction of sp³-hybridized carbons (Fsp3) is 0.235. The van der Waals surface area contributed by atoms with Crippen molar-refractivity contribution in [3.05, 3.63) is 63.4 Å². The average molecular weight is 474 g/mol. The summed E-state index contributed by atoms with van der Waals surface area (Å²) in [6.45, 7) is -2.37. The van der Waals surface area contributed by atoms with Crippen molar-refractivity contribution in [2.75, 3.05) is 13.2 Å². The van der Waals surface area contributed by atoms with E-state index in [1.54, 1.807) is 0 Å². The lowest BCUT2D eigenvalue weighted by atomic mass is 10.1. The van der Waals surface area contributed by atoms with Gasteiger partial charge in [-0.25, -0.2) is 0 Å². The second-order valence-electron chi connectivity index (χ2n) is 5.64. The van der Waals surface area contributed by atoms with E-state index in [2.05, 4.69) is 20.3 Å². The largest absolute Gasteiger partial charge is 0.425 e. The van der Waals surface area contributed by atoms with E-state index in [1.165, 1.54) is 12.1 Å². The predicted octanol–water partition coefficient (Wildman–Crippen LogP) is 5.12. The molecule has 2 aromatic rings. The molecule has 5 nitrogen and oxygen atoms in total. The van der Waals surface area contributed by atoms with Gasteiger partial charge in [0.05, 0.1) is 27.7 Å². The van der Waals surface area contributed by atoms with Gasteiger partial charge in [0, 0.05) is 6.20 Å². The normalized spacial score (nSPS) is 12.6. The lowest BCUT2D eigenvalue weighted by molar-refractivity contribution is -0.173. The van der Waals surface area contributed by atoms with Gasteiger partial charge in [-0.15, -0.1) is 0 Å². The molecule has 1 N–H and O–H groups in total. The number of amides is 1. The number of carbonyl (C=O) groups excluding carboxylic acids is 1. The molecule has 1 amide bonds. The Morgan fingerprint density at radius 1 is 1.13 bits per heavy atom. The maximum Gasteiger partial charge on any atom is 0.425 e. The van der Waals surface area contributed by atoms with Crippen molar-refractivity contribution in [3.63, 3.8) is 0 Å². The number of oxime groups is 1. The standard InChI is InChI=1S/C17H11Cl2F6N3O2/c18-9-5-12(19)14(26-6-9)13(28-30-8-16(20,21)22)7-27-15(29)10-3-1-2-4-11(10)17(23,24)25/h1-6H,7-8H2,(H,27,29)/b28-13+. The highest BCUT2D eigenvalue weighted by molar-refractivity contribution is 6.36. The molecule has 0 aliphatic carbocycles. The first-order valence-electron chi connectivity index (χ1n) is 7.90. The number of pyridine rings is 1. The molecule has 0 atom stereocenters. The molecule has 0 saturated carbocycles. The minimum atomic E-state index is -4.79. The summed E-state index contributed by atoms with van der Waals surface area (Å²) in [5.41, 5.74) is -2.40. The third kappa shape index (κ3) is 6.77. The van der Waals surface area contributed by atoms with Gasteiger partial charge in [0.15, 0.2) is 0 Å². The molecule has 0 spiro atoms. The van der Waals surface area contributed by atoms with Crippen LogP contribution < -0.4 is 5.32 Å². The van der Waals surface area contributed by atoms with Crippen LogP contribution in [0.2, 0.25) is 10.0 Å². The lowest BCUT2D eigenvalue weighted by Gasteiger charge is -2.14. The lowest BCUT2D eigenvalue weighted by Crippen LogP contribution is -2.32. The first kappa shape index (κ1) is 23.7. The number of hydrogen-bond donors (Lipinski definition) is 1. The molecule has 1 aromatic heterocycles. The molecule has 0 aliphatic heterocycles. The summed E-state index contributed by atoms with van der Waals surface area (Å²) in [6.07, 6.45) is -8.37. The van der Waals surface area contributed by atoms with Crippen LogP contribution >= 0.6 is 23.2 Å². The quantitative estimate of drug-likeness (QED) is 0.359. The molecular formula is C17H11Cl2F6N3O2. The number of alkyl halides is 6. The van der Waals surface area contributed by atoms with Crippen LogP contribution in [0.1, 0.15) is 21.6 Å². The number of nitrogens with zero attached hydrogens (tertiary/aromatic N) is 2. The minimum Gasteiger partial charge on any atom is -0.386 e. The van der Waals surface area contributed by atoms with Gasteiger partial charge in [0.2, 0.25) is 6.61 Å². The van der Waals surface area contributed by atoms with Crippen LogP contribution in [0.3, 0.4) is 0 Å². The van der Waals surface area contributed by atoms with Crippen LogP contribution in [0.15, 0.2) is 41.7 Å². The Balaban J connectivity index is 2.27. The van der Waals surface area contributed by atoms with Crippen LogP contribution in [-0.4, -0.2) is 35.9 Å². The van der Waals surface area contributed by atoms with Gasteiger partial charge in [-0.05, 0) is 18.2 Å². The van der Waals surface area contributed by atoms with Crippen molar-refractivity contribution >= 4 is 34.8 Å². The van der Waals surface area contributed by atoms with Crippen molar-refractivity contribution in [3.8, 4) is 0 Å². The van der Waals surface area contributed by atoms with Crippen molar-refractivity contribution in [1.29, 1.82) is 0 Å². The monoisotopic (exact) mass is 473 g/mol. The van der Waals surface area contributed by atoms with E-state index in [0.29, 0.717) is 6.07 Å². The Kier molecular flexibility index (Phi) is 7.54. The minimum absolute atomic E-state index is 0.113. The second kappa shape index (κ2) is 9.52. The molecule has 0 bridgehead atoms. The summed E-state index contributed by atoms with van der Waals surface area (Å²) < 4.78 is 76.1. The summed E-state index contributed by atoms with van der Waals surface area (Å²) in [7, 11) is 0. The number of halogens is 8. The van der Waals surface area contributed by atoms with Gasteiger partial charge in [-0.3, -0.25) is 9.78 Å². The van der Waals surface area contributed by atoms with Crippen molar-refractivity contribution in [2.24, 2.45) is 5.16 Å². The molecule has 0 saturated heterocycles. The first-order chi connectivity index (χ1) is 13.9. The zero-order valence-electron chi connectivity index (χ0n) is 14.6. The third-order valence-electron chi connectivity index (χ3n) is 3.38. The van der Waals surface area contributed by atoms with E-state index < -0.39 is 42.5 Å². The summed E-state index contributed by atoms with van der Waals surface area (Å²) in [4.78, 5) is 20.3. The van der Waals surface area contributed by atoms with E-state index in [4.69, 9.17) is 23.2 Å². The van der Waals surface area contributed by atoms with Gasteiger partial charge in [0.25, 0.3) is 5.91 Å². The molecular weight excluding hydrogens is 463 g/mol. The molecule has 1 aromatic carbocycles. The van der Waals surface area contributed by atoms with E-state index in [1.807, 2.05) is 0 Å². The van der Waals surface area contributed by atoms with Gasteiger partial charge in [-0.2, -0.15) is 26.3 Å². The van der Waals surface area contributed by atoms with Crippen LogP contribution in [0.4, 0.5) is 26.3 Å². The zero-order valence-corrected chi connectivity index (χ0v) is 16.1. The molecule has 0 fully saturated rings. The zero-order chi connectivity index (χ0) is 22.5. The Morgan fingerprint density at radius 2 is 1.80 bits per heavy atom. The SMILES string of the molecule is O=C(NC/C(=N\OCC(F)(F)F)c1ncc(Cl)cc1Cl)c1ccccc1C(F)(F)F. The highest BCUT2D eigenvalue weighted by Gasteiger charge is 2.35. The number of nitrogens with one attached hydrogen (secondary N) is 1. The highest BCUT2D eigenvalue weighted by atomic mass is 35.5. The molecule has 0 radical (unpaired) electrons. The number of hydrogen-bond acceptors (Lipinski definition) is 4. The molecule has 2 rings (SSSR count). The summed E-state index contributed by atoms with van der Waals surface area (Å²) in [5, 5.41) is 5.40. The number of rotatable bonds is 6. The summed E-state index contributed by atoms with van der Waals surface area (Å²) in [5.74, 6) is -1.14. The van der Waals surface area contributed by atoms with Crippen LogP contribution in [-0.2, 0) is 11.0 Å². The Bertz CT molecular complexity index is 948. The van der Waals surface area contributed by atoms with Crippen LogP contribution in [0, 0.1) is 0 Å². The summed E-state index contributed by atoms with van der Waals surface area (Å²) in [6, 6.07) is 5.21. The fourth-order valence-corrected chi connectivity index (χ4v) is 2.65. The first-order valence-corrected chi connectivity index (χ1v) is 8.65. The fourth-order valence-electron chi connectivity index (χ4n) is 2.16. The van der Waals surface area contributed by atoms with Gasteiger partial charge >= 0.3 is 12.4 Å². The van der Waals surface area contributed by atoms with E-state index in [-0.39, 0.29) is 21.5 Å². The van der Waals surface area contributed by atoms with Crippen molar-refractivity contribution < 1.29 is 36.0 Å². The molecule has 0 unspecified atom stereocenters. The number of aromatic nitrogens is 1. The number of benzene rings is 1. The van der Waals surface area contributed by atoms with Gasteiger partial charge in [0.1, 0.15) is 11.4 Å². The Hall–Kier alpha value is -2.53. The topological polar surface area (TPSA) is 63.6 Å². The molecule has 30 heavy (non-hydrogen) atoms. The van der Waals surface area contributed by atoms with Gasteiger partial charge < -0.3 is 10.2 Å². The highest BCUT2D eigenvalue weighted by Crippen LogP contribution is 2.31. The maximum atomic E-state index is 13.1. The summed E-state index contributed by atoms with van der Waals surface area (Å²) >= 11 is 11.7. The molecule has 162 valence electrons. The van der Waals surface area contributed by atoms with E-state index >= 15 is 0 Å². The predicted molar refractivity (Wildman–Crippen MR) is 96.6 cm³/mol. The van der Waals surface area contributed by atoms with Gasteiger partial charge in [-0.1, -0.05) is 40.5 Å².